The van der Waals surface area contributed by atoms with Crippen LogP contribution in [0.1, 0.15) is 5.69 Å². The van der Waals surface area contributed by atoms with Crippen LogP contribution < -0.4 is 5.73 Å². The fourth-order valence-corrected chi connectivity index (χ4v) is 2.46. The van der Waals surface area contributed by atoms with Crippen molar-refractivity contribution in [3.05, 3.63) is 40.8 Å². The maximum atomic E-state index is 5.94. The molecule has 3 rings (SSSR count). The van der Waals surface area contributed by atoms with Gasteiger partial charge in [-0.1, -0.05) is 28.1 Å². The molecule has 1 aliphatic rings. The van der Waals surface area contributed by atoms with E-state index in [-0.39, 0.29) is 6.04 Å². The van der Waals surface area contributed by atoms with Crippen molar-refractivity contribution in [2.24, 2.45) is 5.73 Å². The van der Waals surface area contributed by atoms with Gasteiger partial charge in [-0.2, -0.15) is 0 Å². The van der Waals surface area contributed by atoms with Crippen LogP contribution in [0.25, 0.3) is 11.3 Å². The molecule has 4 heteroatoms. The Hall–Kier alpha value is -1.13. The van der Waals surface area contributed by atoms with Crippen molar-refractivity contribution in [2.75, 3.05) is 0 Å². The lowest BCUT2D eigenvalue weighted by atomic mass is 10.1. The summed E-state index contributed by atoms with van der Waals surface area (Å²) in [6.45, 7) is 0.888. The molecule has 2 aromatic rings. The van der Waals surface area contributed by atoms with Gasteiger partial charge < -0.3 is 10.3 Å². The summed E-state index contributed by atoms with van der Waals surface area (Å²) in [5, 5.41) is 0. The van der Waals surface area contributed by atoms with Crippen LogP contribution in [0.2, 0.25) is 0 Å². The molecule has 2 N–H and O–H groups in total. The summed E-state index contributed by atoms with van der Waals surface area (Å²) in [7, 11) is 0. The molecule has 1 atom stereocenters. The predicted octanol–water partition coefficient (Wildman–Crippen LogP) is 2.20. The van der Waals surface area contributed by atoms with Crippen LogP contribution in [0.15, 0.2) is 35.1 Å². The zero-order valence-corrected chi connectivity index (χ0v) is 10.3. The van der Waals surface area contributed by atoms with Gasteiger partial charge in [-0.3, -0.25) is 0 Å². The first-order valence-corrected chi connectivity index (χ1v) is 6.09. The van der Waals surface area contributed by atoms with Crippen molar-refractivity contribution in [1.29, 1.82) is 0 Å². The molecule has 1 aliphatic heterocycles. The van der Waals surface area contributed by atoms with Gasteiger partial charge in [0.2, 0.25) is 0 Å². The van der Waals surface area contributed by atoms with Crippen molar-refractivity contribution in [3.63, 3.8) is 0 Å². The summed E-state index contributed by atoms with van der Waals surface area (Å²) < 4.78 is 3.24. The van der Waals surface area contributed by atoms with Crippen molar-refractivity contribution in [2.45, 2.75) is 19.0 Å². The maximum absolute atomic E-state index is 5.94. The number of imidazole rings is 1. The standard InChI is InChI=1S/C12H12BrN3/c13-9-3-1-8(2-4-9)12-11-5-10(14)6-16(11)7-15-12/h1-4,7,10H,5-6,14H2. The molecule has 16 heavy (non-hydrogen) atoms. The number of rotatable bonds is 1. The fraction of sp³-hybridized carbons (Fsp3) is 0.250. The van der Waals surface area contributed by atoms with Gasteiger partial charge >= 0.3 is 0 Å². The van der Waals surface area contributed by atoms with E-state index in [0.717, 1.165) is 28.7 Å². The Morgan fingerprint density at radius 3 is 2.81 bits per heavy atom. The second-order valence-electron chi connectivity index (χ2n) is 4.16. The second kappa shape index (κ2) is 3.71. The second-order valence-corrected chi connectivity index (χ2v) is 5.08. The maximum Gasteiger partial charge on any atom is 0.0956 e. The quantitative estimate of drug-likeness (QED) is 0.869. The van der Waals surface area contributed by atoms with Crippen LogP contribution >= 0.6 is 15.9 Å². The van der Waals surface area contributed by atoms with E-state index in [2.05, 4.69) is 37.6 Å². The number of benzene rings is 1. The zero-order chi connectivity index (χ0) is 11.1. The van der Waals surface area contributed by atoms with Crippen LogP contribution in [-0.4, -0.2) is 15.6 Å². The number of fused-ring (bicyclic) bond motifs is 1. The van der Waals surface area contributed by atoms with Crippen LogP contribution in [0.5, 0.6) is 0 Å². The molecular formula is C12H12BrN3. The van der Waals surface area contributed by atoms with Crippen LogP contribution in [0.3, 0.4) is 0 Å². The molecule has 0 bridgehead atoms. The minimum Gasteiger partial charge on any atom is -0.332 e. The van der Waals surface area contributed by atoms with Gasteiger partial charge in [-0.25, -0.2) is 4.98 Å². The minimum absolute atomic E-state index is 0.243. The first-order chi connectivity index (χ1) is 7.74. The van der Waals surface area contributed by atoms with Gasteiger partial charge in [0.15, 0.2) is 0 Å². The van der Waals surface area contributed by atoms with Gasteiger partial charge in [0.25, 0.3) is 0 Å². The molecule has 1 aromatic carbocycles. The number of aromatic nitrogens is 2. The highest BCUT2D eigenvalue weighted by molar-refractivity contribution is 9.10. The summed E-state index contributed by atoms with van der Waals surface area (Å²) in [6.07, 6.45) is 2.81. The molecule has 0 amide bonds. The molecule has 82 valence electrons. The van der Waals surface area contributed by atoms with Crippen LogP contribution in [0.4, 0.5) is 0 Å². The highest BCUT2D eigenvalue weighted by Gasteiger charge is 2.22. The normalized spacial score (nSPS) is 18.8. The molecule has 1 aromatic heterocycles. The van der Waals surface area contributed by atoms with Crippen LogP contribution in [0, 0.1) is 0 Å². The summed E-state index contributed by atoms with van der Waals surface area (Å²) in [5.41, 5.74) is 9.43. The van der Waals surface area contributed by atoms with Gasteiger partial charge in [0, 0.05) is 34.7 Å². The number of nitrogens with zero attached hydrogens (tertiary/aromatic N) is 2. The van der Waals surface area contributed by atoms with E-state index in [1.54, 1.807) is 0 Å². The Balaban J connectivity index is 2.05. The molecule has 0 fully saturated rings. The lowest BCUT2D eigenvalue weighted by Gasteiger charge is -2.01. The monoisotopic (exact) mass is 277 g/mol. The van der Waals surface area contributed by atoms with Gasteiger partial charge in [-0.15, -0.1) is 0 Å². The first-order valence-electron chi connectivity index (χ1n) is 5.29. The van der Waals surface area contributed by atoms with Crippen molar-refractivity contribution < 1.29 is 0 Å². The predicted molar refractivity (Wildman–Crippen MR) is 67.0 cm³/mol. The molecule has 2 heterocycles. The van der Waals surface area contributed by atoms with Crippen molar-refractivity contribution >= 4 is 15.9 Å². The third kappa shape index (κ3) is 1.58. The van der Waals surface area contributed by atoms with Gasteiger partial charge in [0.05, 0.1) is 12.0 Å². The third-order valence-corrected chi connectivity index (χ3v) is 3.48. The minimum atomic E-state index is 0.243. The van der Waals surface area contributed by atoms with E-state index >= 15 is 0 Å². The molecule has 0 saturated heterocycles. The fourth-order valence-electron chi connectivity index (χ4n) is 2.19. The Labute approximate surface area is 102 Å². The summed E-state index contributed by atoms with van der Waals surface area (Å²) in [6, 6.07) is 8.48. The molecule has 0 radical (unpaired) electrons. The highest BCUT2D eigenvalue weighted by Crippen LogP contribution is 2.27. The van der Waals surface area contributed by atoms with Gasteiger partial charge in [-0.05, 0) is 12.1 Å². The number of halogens is 1. The van der Waals surface area contributed by atoms with Crippen molar-refractivity contribution in [3.8, 4) is 11.3 Å². The lowest BCUT2D eigenvalue weighted by molar-refractivity contribution is 0.636. The number of nitrogens with two attached hydrogens (primary N) is 1. The average molecular weight is 278 g/mol. The molecule has 0 saturated carbocycles. The smallest absolute Gasteiger partial charge is 0.0956 e. The Bertz CT molecular complexity index is 516. The topological polar surface area (TPSA) is 43.8 Å². The molecule has 0 spiro atoms. The summed E-state index contributed by atoms with van der Waals surface area (Å²) in [4.78, 5) is 4.46. The number of hydrogen-bond acceptors (Lipinski definition) is 2. The molecular weight excluding hydrogens is 266 g/mol. The first kappa shape index (κ1) is 10.1. The largest absolute Gasteiger partial charge is 0.332 e. The SMILES string of the molecule is NC1Cc2c(-c3ccc(Br)cc3)ncn2C1. The van der Waals surface area contributed by atoms with E-state index < -0.39 is 0 Å². The van der Waals surface area contributed by atoms with E-state index in [1.165, 1.54) is 5.69 Å². The van der Waals surface area contributed by atoms with Crippen LogP contribution in [-0.2, 0) is 13.0 Å². The molecule has 0 aliphatic carbocycles. The average Bonchev–Trinajstić information content (AvgIpc) is 2.78. The summed E-state index contributed by atoms with van der Waals surface area (Å²) >= 11 is 3.44. The van der Waals surface area contributed by atoms with Gasteiger partial charge in [0.1, 0.15) is 0 Å². The molecule has 3 nitrogen and oxygen atoms in total. The highest BCUT2D eigenvalue weighted by atomic mass is 79.9. The Morgan fingerprint density at radius 1 is 1.31 bits per heavy atom. The van der Waals surface area contributed by atoms with Crippen molar-refractivity contribution in [1.82, 2.24) is 9.55 Å². The lowest BCUT2D eigenvalue weighted by Crippen LogP contribution is -2.20. The Morgan fingerprint density at radius 2 is 2.06 bits per heavy atom. The van der Waals surface area contributed by atoms with E-state index in [9.17, 15) is 0 Å². The summed E-state index contributed by atoms with van der Waals surface area (Å²) in [5.74, 6) is 0. The van der Waals surface area contributed by atoms with E-state index in [0.29, 0.717) is 0 Å². The molecule has 1 unspecified atom stereocenters. The number of hydrogen-bond donors (Lipinski definition) is 1. The zero-order valence-electron chi connectivity index (χ0n) is 8.73. The van der Waals surface area contributed by atoms with E-state index in [4.69, 9.17) is 5.73 Å². The third-order valence-electron chi connectivity index (χ3n) is 2.95. The Kier molecular flexibility index (Phi) is 2.33. The van der Waals surface area contributed by atoms with E-state index in [1.807, 2.05) is 18.5 Å².